The lowest BCUT2D eigenvalue weighted by molar-refractivity contribution is 0.104. The van der Waals surface area contributed by atoms with Gasteiger partial charge in [0.05, 0.1) is 4.90 Å². The van der Waals surface area contributed by atoms with E-state index in [0.29, 0.717) is 23.1 Å². The molecule has 0 N–H and O–H groups in total. The molecule has 2 heterocycles. The summed E-state index contributed by atoms with van der Waals surface area (Å²) < 4.78 is 28.7. The number of aromatic nitrogens is 1. The molecular weight excluding hydrogens is 394 g/mol. The summed E-state index contributed by atoms with van der Waals surface area (Å²) in [5.74, 6) is 0. The Balaban J connectivity index is 1.98. The fourth-order valence-electron chi connectivity index (χ4n) is 3.69. The number of sulfonamides is 1. The van der Waals surface area contributed by atoms with Crippen molar-refractivity contribution in [2.24, 2.45) is 0 Å². The predicted molar refractivity (Wildman–Crippen MR) is 114 cm³/mol. The highest BCUT2D eigenvalue weighted by atomic mass is 35.5. The molecule has 0 radical (unpaired) electrons. The van der Waals surface area contributed by atoms with Crippen molar-refractivity contribution in [1.82, 2.24) is 14.2 Å². The molecule has 0 aliphatic carbocycles. The highest BCUT2D eigenvalue weighted by molar-refractivity contribution is 7.89. The van der Waals surface area contributed by atoms with Gasteiger partial charge in [0.1, 0.15) is 5.15 Å². The first-order valence-electron chi connectivity index (χ1n) is 9.33. The molecule has 0 spiro atoms. The van der Waals surface area contributed by atoms with Gasteiger partial charge < -0.3 is 0 Å². The zero-order valence-corrected chi connectivity index (χ0v) is 18.0. The summed E-state index contributed by atoms with van der Waals surface area (Å²) >= 11 is 6.00. The maximum atomic E-state index is 13.5. The third kappa shape index (κ3) is 4.15. The molecule has 1 aromatic heterocycles. The van der Waals surface area contributed by atoms with E-state index in [0.717, 1.165) is 23.2 Å². The molecule has 2 aromatic rings. The van der Waals surface area contributed by atoms with Crippen molar-refractivity contribution in [3.05, 3.63) is 59.9 Å². The van der Waals surface area contributed by atoms with E-state index < -0.39 is 10.0 Å². The Morgan fingerprint density at radius 2 is 1.89 bits per heavy atom. The Morgan fingerprint density at radius 1 is 1.18 bits per heavy atom. The lowest BCUT2D eigenvalue weighted by Crippen LogP contribution is -2.57. The first-order chi connectivity index (χ1) is 13.2. The molecule has 1 aromatic carbocycles. The summed E-state index contributed by atoms with van der Waals surface area (Å²) in [6, 6.07) is 9.08. The molecule has 5 nitrogen and oxygen atoms in total. The van der Waals surface area contributed by atoms with Crippen LogP contribution in [0, 0.1) is 6.92 Å². The smallest absolute Gasteiger partial charge is 0.243 e. The molecule has 3 rings (SSSR count). The van der Waals surface area contributed by atoms with Crippen LogP contribution in [0.5, 0.6) is 0 Å². The van der Waals surface area contributed by atoms with Crippen molar-refractivity contribution in [2.45, 2.75) is 37.8 Å². The molecule has 2 atom stereocenters. The van der Waals surface area contributed by atoms with Crippen LogP contribution < -0.4 is 0 Å². The summed E-state index contributed by atoms with van der Waals surface area (Å²) in [5, 5.41) is 0.378. The maximum Gasteiger partial charge on any atom is 0.243 e. The van der Waals surface area contributed by atoms with E-state index in [9.17, 15) is 8.42 Å². The first kappa shape index (κ1) is 21.0. The molecule has 1 aliphatic rings. The van der Waals surface area contributed by atoms with Crippen LogP contribution in [0.4, 0.5) is 0 Å². The fourth-order valence-corrected chi connectivity index (χ4v) is 5.82. The van der Waals surface area contributed by atoms with Crippen molar-refractivity contribution in [3.63, 3.8) is 0 Å². The van der Waals surface area contributed by atoms with Gasteiger partial charge in [-0.1, -0.05) is 29.8 Å². The Kier molecular flexibility index (Phi) is 6.25. The second-order valence-electron chi connectivity index (χ2n) is 7.36. The van der Waals surface area contributed by atoms with Gasteiger partial charge in [0.15, 0.2) is 0 Å². The van der Waals surface area contributed by atoms with Crippen molar-refractivity contribution in [2.75, 3.05) is 19.6 Å². The third-order valence-electron chi connectivity index (χ3n) is 5.26. The van der Waals surface area contributed by atoms with Gasteiger partial charge in [0.25, 0.3) is 0 Å². The number of benzene rings is 1. The molecule has 0 saturated carbocycles. The molecule has 28 heavy (non-hydrogen) atoms. The third-order valence-corrected chi connectivity index (χ3v) is 7.58. The van der Waals surface area contributed by atoms with Crippen LogP contribution in [0.25, 0.3) is 11.1 Å². The van der Waals surface area contributed by atoms with Crippen molar-refractivity contribution in [3.8, 4) is 11.1 Å². The molecule has 1 saturated heterocycles. The Bertz CT molecular complexity index is 977. The number of hydrogen-bond donors (Lipinski definition) is 0. The molecule has 1 aliphatic heterocycles. The number of piperazine rings is 1. The van der Waals surface area contributed by atoms with Crippen LogP contribution in [0.15, 0.2) is 54.1 Å². The van der Waals surface area contributed by atoms with Gasteiger partial charge in [-0.15, -0.1) is 6.58 Å². The van der Waals surface area contributed by atoms with Crippen LogP contribution in [0.2, 0.25) is 5.15 Å². The Labute approximate surface area is 172 Å². The SMILES string of the molecule is C=CCN1CC(C)N(S(=O)(=O)c2cc(-c3ccnc(Cl)c3)ccc2C)CC1C. The minimum absolute atomic E-state index is 0.112. The molecule has 2 unspecified atom stereocenters. The number of nitrogens with zero attached hydrogens (tertiary/aromatic N) is 3. The van der Waals surface area contributed by atoms with E-state index in [4.69, 9.17) is 11.6 Å². The average Bonchev–Trinajstić information content (AvgIpc) is 2.64. The standard InChI is InChI=1S/C21H26ClN3O2S/c1-5-10-24-13-17(4)25(14-16(24)3)28(26,27)20-11-18(7-6-15(20)2)19-8-9-23-21(22)12-19/h5-9,11-12,16-17H,1,10,13-14H2,2-4H3. The van der Waals surface area contributed by atoms with Crippen LogP contribution >= 0.6 is 11.6 Å². The van der Waals surface area contributed by atoms with Crippen LogP contribution in [-0.2, 0) is 10.0 Å². The van der Waals surface area contributed by atoms with E-state index in [-0.39, 0.29) is 12.1 Å². The van der Waals surface area contributed by atoms with E-state index in [2.05, 4.69) is 23.4 Å². The quantitative estimate of drug-likeness (QED) is 0.543. The lowest BCUT2D eigenvalue weighted by atomic mass is 10.1. The van der Waals surface area contributed by atoms with E-state index >= 15 is 0 Å². The Morgan fingerprint density at radius 3 is 2.57 bits per heavy atom. The first-order valence-corrected chi connectivity index (χ1v) is 11.1. The average molecular weight is 420 g/mol. The summed E-state index contributed by atoms with van der Waals surface area (Å²) in [6.45, 7) is 11.6. The van der Waals surface area contributed by atoms with Crippen LogP contribution in [0.3, 0.4) is 0 Å². The predicted octanol–water partition coefficient (Wildman–Crippen LogP) is 3.98. The summed E-state index contributed by atoms with van der Waals surface area (Å²) in [5.41, 5.74) is 2.38. The van der Waals surface area contributed by atoms with Gasteiger partial charge in [0.2, 0.25) is 10.0 Å². The molecular formula is C21H26ClN3O2S. The molecule has 7 heteroatoms. The van der Waals surface area contributed by atoms with Gasteiger partial charge in [-0.3, -0.25) is 4.90 Å². The number of halogens is 1. The maximum absolute atomic E-state index is 13.5. The second-order valence-corrected chi connectivity index (χ2v) is 9.61. The number of rotatable bonds is 5. The topological polar surface area (TPSA) is 53.5 Å². The van der Waals surface area contributed by atoms with Gasteiger partial charge in [-0.05, 0) is 55.7 Å². The van der Waals surface area contributed by atoms with E-state index in [1.54, 1.807) is 22.6 Å². The van der Waals surface area contributed by atoms with Gasteiger partial charge in [-0.25, -0.2) is 13.4 Å². The minimum Gasteiger partial charge on any atom is -0.294 e. The molecule has 0 amide bonds. The molecule has 0 bridgehead atoms. The molecule has 1 fully saturated rings. The number of aryl methyl sites for hydroxylation is 1. The lowest BCUT2D eigenvalue weighted by Gasteiger charge is -2.43. The minimum atomic E-state index is -3.62. The van der Waals surface area contributed by atoms with E-state index in [1.807, 2.05) is 38.1 Å². The van der Waals surface area contributed by atoms with Gasteiger partial charge >= 0.3 is 0 Å². The normalized spacial score (nSPS) is 21.6. The summed E-state index contributed by atoms with van der Waals surface area (Å²) in [7, 11) is -3.62. The van der Waals surface area contributed by atoms with Crippen molar-refractivity contribution in [1.29, 1.82) is 0 Å². The van der Waals surface area contributed by atoms with Crippen molar-refractivity contribution >= 4 is 21.6 Å². The fraction of sp³-hybridized carbons (Fsp3) is 0.381. The van der Waals surface area contributed by atoms with Crippen LogP contribution in [0.1, 0.15) is 19.4 Å². The highest BCUT2D eigenvalue weighted by Crippen LogP contribution is 2.30. The monoisotopic (exact) mass is 419 g/mol. The Hall–Kier alpha value is -1.73. The highest BCUT2D eigenvalue weighted by Gasteiger charge is 2.37. The van der Waals surface area contributed by atoms with Gasteiger partial charge in [0, 0.05) is 37.9 Å². The van der Waals surface area contributed by atoms with Crippen molar-refractivity contribution < 1.29 is 8.42 Å². The molecule has 150 valence electrons. The zero-order valence-electron chi connectivity index (χ0n) is 16.5. The summed E-state index contributed by atoms with van der Waals surface area (Å²) in [4.78, 5) is 6.59. The van der Waals surface area contributed by atoms with Gasteiger partial charge in [-0.2, -0.15) is 4.31 Å². The number of pyridine rings is 1. The second kappa shape index (κ2) is 8.33. The zero-order chi connectivity index (χ0) is 20.5. The summed E-state index contributed by atoms with van der Waals surface area (Å²) in [6.07, 6.45) is 3.48. The largest absolute Gasteiger partial charge is 0.294 e. The number of hydrogen-bond acceptors (Lipinski definition) is 4. The van der Waals surface area contributed by atoms with E-state index in [1.165, 1.54) is 0 Å². The van der Waals surface area contributed by atoms with Crippen LogP contribution in [-0.4, -0.2) is 54.3 Å².